The van der Waals surface area contributed by atoms with E-state index in [2.05, 4.69) is 29.4 Å². The van der Waals surface area contributed by atoms with Gasteiger partial charge in [-0.25, -0.2) is 4.79 Å². The zero-order valence-electron chi connectivity index (χ0n) is 29.3. The Labute approximate surface area is 271 Å². The number of hydrogen-bond donors (Lipinski definition) is 3. The number of methoxy groups -OCH3 is 2. The van der Waals surface area contributed by atoms with Crippen LogP contribution < -0.4 is 20.1 Å². The van der Waals surface area contributed by atoms with Crippen LogP contribution in [0, 0.1) is 17.8 Å². The lowest BCUT2D eigenvalue weighted by atomic mass is 9.82. The van der Waals surface area contributed by atoms with Crippen molar-refractivity contribution in [1.29, 1.82) is 0 Å². The third kappa shape index (κ3) is 14.2. The first-order valence-corrected chi connectivity index (χ1v) is 16.7. The van der Waals surface area contributed by atoms with Crippen LogP contribution in [0.25, 0.3) is 0 Å². The maximum absolute atomic E-state index is 13.7. The quantitative estimate of drug-likeness (QED) is 0.189. The van der Waals surface area contributed by atoms with Gasteiger partial charge in [0.2, 0.25) is 5.91 Å². The number of carbonyl (C=O) groups excluding carboxylic acids is 2. The molecule has 1 aliphatic heterocycles. The molecule has 0 aliphatic carbocycles. The van der Waals surface area contributed by atoms with Crippen LogP contribution in [0.2, 0.25) is 0 Å². The monoisotopic (exact) mass is 635 g/mol. The van der Waals surface area contributed by atoms with Gasteiger partial charge in [-0.3, -0.25) is 4.79 Å². The number of carbonyl (C=O) groups is 2. The first-order chi connectivity index (χ1) is 21.2. The first-order valence-electron chi connectivity index (χ1n) is 16.7. The third-order valence-electron chi connectivity index (χ3n) is 8.28. The number of benzene rings is 1. The highest BCUT2D eigenvalue weighted by Crippen LogP contribution is 2.31. The number of β-amino-alcohol motifs (C(OH)–C–C–N with tert-alkyl or cyclic N) is 1. The zero-order valence-corrected chi connectivity index (χ0v) is 29.3. The van der Waals surface area contributed by atoms with Crippen molar-refractivity contribution < 1.29 is 33.6 Å². The molecule has 0 radical (unpaired) electrons. The molecule has 10 nitrogen and oxygen atoms in total. The van der Waals surface area contributed by atoms with Gasteiger partial charge < -0.3 is 39.6 Å². The van der Waals surface area contributed by atoms with E-state index in [0.717, 1.165) is 44.3 Å². The molecular formula is C35H61N3O7. The van der Waals surface area contributed by atoms with Crippen molar-refractivity contribution in [3.8, 4) is 11.5 Å². The third-order valence-corrected chi connectivity index (χ3v) is 8.28. The van der Waals surface area contributed by atoms with E-state index >= 15 is 0 Å². The van der Waals surface area contributed by atoms with Crippen molar-refractivity contribution in [2.45, 2.75) is 111 Å². The SMILES string of the molecule is COCCCOc1cc(C[C@@H](C[C@H](NC(=O)[C@@H](NC(=O)OC(C)(C)C)C(C)C)[C@@H](O)CN2CCCCC2)C(C)C)ccc1OC. The zero-order chi connectivity index (χ0) is 33.6. The minimum atomic E-state index is -0.804. The number of nitrogens with one attached hydrogen (secondary N) is 2. The molecule has 4 atom stereocenters. The Morgan fingerprint density at radius 1 is 0.956 bits per heavy atom. The van der Waals surface area contributed by atoms with Gasteiger partial charge in [0.05, 0.1) is 25.9 Å². The van der Waals surface area contributed by atoms with E-state index in [1.54, 1.807) is 35.0 Å². The van der Waals surface area contributed by atoms with Gasteiger partial charge in [-0.2, -0.15) is 0 Å². The topological polar surface area (TPSA) is 119 Å². The first kappa shape index (κ1) is 38.6. The molecule has 1 fully saturated rings. The van der Waals surface area contributed by atoms with Gasteiger partial charge in [-0.1, -0.05) is 40.2 Å². The summed E-state index contributed by atoms with van der Waals surface area (Å²) in [7, 11) is 3.31. The van der Waals surface area contributed by atoms with E-state index < -0.39 is 29.9 Å². The number of piperidine rings is 1. The minimum absolute atomic E-state index is 0.150. The molecule has 10 heteroatoms. The highest BCUT2D eigenvalue weighted by Gasteiger charge is 2.33. The van der Waals surface area contributed by atoms with Gasteiger partial charge in [0.25, 0.3) is 0 Å². The molecule has 1 aliphatic rings. The summed E-state index contributed by atoms with van der Waals surface area (Å²) >= 11 is 0. The summed E-state index contributed by atoms with van der Waals surface area (Å²) in [6, 6.07) is 4.70. The number of rotatable bonds is 18. The number of amides is 2. The standard InChI is InChI=1S/C35H61N3O7/c1-24(2)27(20-26-14-15-30(43-9)31(21-26)44-19-13-18-42-8)22-28(29(39)23-38-16-11-10-12-17-38)36-33(40)32(25(3)4)37-34(41)45-35(5,6)7/h14-15,21,24-25,27-29,32,39H,10-13,16-20,22-23H2,1-9H3,(H,36,40)(H,37,41)/t27-,28-,29-,32-/m0/s1. The van der Waals surface area contributed by atoms with E-state index in [4.69, 9.17) is 18.9 Å². The van der Waals surface area contributed by atoms with Gasteiger partial charge in [0.15, 0.2) is 11.5 Å². The summed E-state index contributed by atoms with van der Waals surface area (Å²) in [5.74, 6) is 1.29. The second kappa shape index (κ2) is 19.2. The molecule has 2 amide bonds. The number of nitrogens with zero attached hydrogens (tertiary/aromatic N) is 1. The molecule has 1 heterocycles. The van der Waals surface area contributed by atoms with Gasteiger partial charge in [0.1, 0.15) is 11.6 Å². The fourth-order valence-electron chi connectivity index (χ4n) is 5.65. The molecule has 2 rings (SSSR count). The van der Waals surface area contributed by atoms with Crippen molar-refractivity contribution in [3.05, 3.63) is 23.8 Å². The molecule has 45 heavy (non-hydrogen) atoms. The highest BCUT2D eigenvalue weighted by atomic mass is 16.6. The van der Waals surface area contributed by atoms with Crippen LogP contribution in [-0.4, -0.2) is 92.9 Å². The van der Waals surface area contributed by atoms with Crippen LogP contribution in [-0.2, 0) is 20.7 Å². The summed E-state index contributed by atoms with van der Waals surface area (Å²) in [5, 5.41) is 17.5. The minimum Gasteiger partial charge on any atom is -0.493 e. The van der Waals surface area contributed by atoms with Crippen LogP contribution in [0.1, 0.15) is 86.1 Å². The Hall–Kier alpha value is -2.56. The lowest BCUT2D eigenvalue weighted by molar-refractivity contribution is -0.126. The molecule has 0 saturated carbocycles. The fourth-order valence-corrected chi connectivity index (χ4v) is 5.65. The molecule has 0 unspecified atom stereocenters. The van der Waals surface area contributed by atoms with Crippen molar-refractivity contribution in [2.24, 2.45) is 17.8 Å². The van der Waals surface area contributed by atoms with Gasteiger partial charge in [-0.15, -0.1) is 0 Å². The second-order valence-electron chi connectivity index (χ2n) is 14.0. The maximum atomic E-state index is 13.7. The number of aliphatic hydroxyl groups excluding tert-OH is 1. The summed E-state index contributed by atoms with van der Waals surface area (Å²) < 4.78 is 22.1. The Morgan fingerprint density at radius 3 is 2.22 bits per heavy atom. The normalized spacial score (nSPS) is 17.0. The lowest BCUT2D eigenvalue weighted by Crippen LogP contribution is -2.57. The van der Waals surface area contributed by atoms with Crippen molar-refractivity contribution in [3.63, 3.8) is 0 Å². The molecule has 1 aromatic rings. The maximum Gasteiger partial charge on any atom is 0.408 e. The molecule has 3 N–H and O–H groups in total. The Bertz CT molecular complexity index is 1020. The molecule has 0 aromatic heterocycles. The van der Waals surface area contributed by atoms with Crippen LogP contribution in [0.5, 0.6) is 11.5 Å². The van der Waals surface area contributed by atoms with E-state index in [-0.39, 0.29) is 23.7 Å². The summed E-state index contributed by atoms with van der Waals surface area (Å²) in [4.78, 5) is 28.6. The molecule has 0 spiro atoms. The number of hydrogen-bond acceptors (Lipinski definition) is 8. The van der Waals surface area contributed by atoms with Gasteiger partial charge in [-0.05, 0) is 95.0 Å². The van der Waals surface area contributed by atoms with Gasteiger partial charge in [0, 0.05) is 26.7 Å². The van der Waals surface area contributed by atoms with Crippen molar-refractivity contribution >= 4 is 12.0 Å². The smallest absolute Gasteiger partial charge is 0.408 e. The van der Waals surface area contributed by atoms with E-state index in [0.29, 0.717) is 37.7 Å². The number of likely N-dealkylation sites (tertiary alicyclic amines) is 1. The molecule has 1 aromatic carbocycles. The average Bonchev–Trinajstić information content (AvgIpc) is 2.96. The van der Waals surface area contributed by atoms with E-state index in [1.807, 2.05) is 32.0 Å². The molecular weight excluding hydrogens is 574 g/mol. The van der Waals surface area contributed by atoms with Crippen LogP contribution in [0.3, 0.4) is 0 Å². The van der Waals surface area contributed by atoms with Crippen LogP contribution >= 0.6 is 0 Å². The predicted molar refractivity (Wildman–Crippen MR) is 178 cm³/mol. The lowest BCUT2D eigenvalue weighted by Gasteiger charge is -2.35. The number of aliphatic hydroxyl groups is 1. The molecule has 1 saturated heterocycles. The van der Waals surface area contributed by atoms with E-state index in [9.17, 15) is 14.7 Å². The highest BCUT2D eigenvalue weighted by molar-refractivity contribution is 5.86. The largest absolute Gasteiger partial charge is 0.493 e. The average molecular weight is 636 g/mol. The molecule has 0 bridgehead atoms. The second-order valence-corrected chi connectivity index (χ2v) is 14.0. The van der Waals surface area contributed by atoms with E-state index in [1.165, 1.54) is 6.42 Å². The summed E-state index contributed by atoms with van der Waals surface area (Å²) in [5.41, 5.74) is 0.411. The van der Waals surface area contributed by atoms with Crippen molar-refractivity contribution in [2.75, 3.05) is 47.1 Å². The van der Waals surface area contributed by atoms with Gasteiger partial charge >= 0.3 is 6.09 Å². The Morgan fingerprint density at radius 2 is 1.64 bits per heavy atom. The number of alkyl carbamates (subject to hydrolysis) is 1. The molecule has 258 valence electrons. The van der Waals surface area contributed by atoms with Crippen LogP contribution in [0.4, 0.5) is 4.79 Å². The predicted octanol–water partition coefficient (Wildman–Crippen LogP) is 5.20. The Kier molecular flexibility index (Phi) is 16.5. The summed E-state index contributed by atoms with van der Waals surface area (Å²) in [6.45, 7) is 17.0. The summed E-state index contributed by atoms with van der Waals surface area (Å²) in [6.07, 6.45) is 4.11. The number of ether oxygens (including phenoxy) is 4. The van der Waals surface area contributed by atoms with Crippen molar-refractivity contribution in [1.82, 2.24) is 15.5 Å². The Balaban J connectivity index is 2.27. The fraction of sp³-hybridized carbons (Fsp3) is 0.771. The van der Waals surface area contributed by atoms with Crippen LogP contribution in [0.15, 0.2) is 18.2 Å².